The smallest absolute Gasteiger partial charge is 0.286 e. The molecule has 3 N–H and O–H groups in total. The molecule has 0 radical (unpaired) electrons. The predicted molar refractivity (Wildman–Crippen MR) is 43.0 cm³/mol. The quantitative estimate of drug-likeness (QED) is 0.500. The van der Waals surface area contributed by atoms with E-state index in [1.54, 1.807) is 0 Å². The molecule has 0 bridgehead atoms. The summed E-state index contributed by atoms with van der Waals surface area (Å²) in [5, 5.41) is 19.0. The van der Waals surface area contributed by atoms with Gasteiger partial charge in [0.15, 0.2) is 0 Å². The molecule has 0 aromatic carbocycles. The van der Waals surface area contributed by atoms with E-state index >= 15 is 0 Å². The Labute approximate surface area is 73.0 Å². The summed E-state index contributed by atoms with van der Waals surface area (Å²) in [6.45, 7) is 0. The Morgan fingerprint density at radius 3 is 2.31 bits per heavy atom. The van der Waals surface area contributed by atoms with Crippen molar-refractivity contribution >= 4 is 11.9 Å². The lowest BCUT2D eigenvalue weighted by molar-refractivity contribution is 0.263. The molecule has 0 saturated carbocycles. The van der Waals surface area contributed by atoms with Crippen LogP contribution in [0.3, 0.4) is 0 Å². The van der Waals surface area contributed by atoms with Crippen molar-refractivity contribution in [3.05, 3.63) is 10.5 Å². The summed E-state index contributed by atoms with van der Waals surface area (Å²) in [6.07, 6.45) is 0. The van der Waals surface area contributed by atoms with Gasteiger partial charge in [0.25, 0.3) is 5.95 Å². The van der Waals surface area contributed by atoms with E-state index in [0.29, 0.717) is 10.1 Å². The van der Waals surface area contributed by atoms with Crippen LogP contribution >= 0.6 is 0 Å². The van der Waals surface area contributed by atoms with E-state index in [-0.39, 0.29) is 11.9 Å². The van der Waals surface area contributed by atoms with Crippen LogP contribution in [0.4, 0.5) is 11.9 Å². The molecule has 1 rings (SSSR count). The standard InChI is InChI=1S/C5H9N5O3/c1-9(12)3-6-4(10(2)13)8-5(11)7-3/h12-13H,1-2H3,(H,6,7,8,11). The van der Waals surface area contributed by atoms with Gasteiger partial charge in [-0.25, -0.2) is 14.9 Å². The molecule has 0 aliphatic rings. The Kier molecular flexibility index (Phi) is 2.44. The molecule has 8 heteroatoms. The fourth-order valence-corrected chi connectivity index (χ4v) is 0.660. The molecule has 0 aliphatic carbocycles. The third-order valence-electron chi connectivity index (χ3n) is 1.22. The second-order valence-electron chi connectivity index (χ2n) is 2.32. The first-order valence-corrected chi connectivity index (χ1v) is 3.34. The first kappa shape index (κ1) is 9.42. The topological polar surface area (TPSA) is 106 Å². The van der Waals surface area contributed by atoms with Crippen LogP contribution < -0.4 is 15.8 Å². The van der Waals surface area contributed by atoms with Crippen LogP contribution in [0.1, 0.15) is 0 Å². The third kappa shape index (κ3) is 2.13. The van der Waals surface area contributed by atoms with E-state index in [1.165, 1.54) is 14.1 Å². The Morgan fingerprint density at radius 1 is 1.23 bits per heavy atom. The number of hydrogen-bond acceptors (Lipinski definition) is 7. The zero-order valence-electron chi connectivity index (χ0n) is 7.09. The van der Waals surface area contributed by atoms with E-state index in [9.17, 15) is 4.79 Å². The Hall–Kier alpha value is -1.67. The number of H-pyrrole nitrogens is 1. The van der Waals surface area contributed by atoms with Crippen LogP contribution in [-0.4, -0.2) is 39.5 Å². The number of hydroxylamine groups is 2. The lowest BCUT2D eigenvalue weighted by atomic mass is 10.8. The maximum absolute atomic E-state index is 10.8. The lowest BCUT2D eigenvalue weighted by Gasteiger charge is -2.11. The number of aromatic amines is 1. The van der Waals surface area contributed by atoms with Gasteiger partial charge in [-0.15, -0.1) is 0 Å². The zero-order valence-corrected chi connectivity index (χ0v) is 7.09. The minimum absolute atomic E-state index is 0.101. The Balaban J connectivity index is 3.19. The monoisotopic (exact) mass is 187 g/mol. The first-order chi connectivity index (χ1) is 6.00. The minimum atomic E-state index is -0.707. The normalized spacial score (nSPS) is 9.85. The van der Waals surface area contributed by atoms with Crippen molar-refractivity contribution in [1.29, 1.82) is 0 Å². The van der Waals surface area contributed by atoms with Gasteiger partial charge < -0.3 is 0 Å². The summed E-state index contributed by atoms with van der Waals surface area (Å²) in [7, 11) is 2.54. The van der Waals surface area contributed by atoms with E-state index in [2.05, 4.69) is 15.0 Å². The van der Waals surface area contributed by atoms with Crippen molar-refractivity contribution in [1.82, 2.24) is 15.0 Å². The lowest BCUT2D eigenvalue weighted by Crippen LogP contribution is -2.25. The van der Waals surface area contributed by atoms with Crippen molar-refractivity contribution < 1.29 is 10.4 Å². The van der Waals surface area contributed by atoms with Crippen LogP contribution in [-0.2, 0) is 0 Å². The molecule has 0 atom stereocenters. The number of hydrogen-bond donors (Lipinski definition) is 3. The molecule has 0 saturated heterocycles. The maximum Gasteiger partial charge on any atom is 0.351 e. The number of nitrogens with zero attached hydrogens (tertiary/aromatic N) is 4. The van der Waals surface area contributed by atoms with E-state index in [1.807, 2.05) is 0 Å². The van der Waals surface area contributed by atoms with Crippen molar-refractivity contribution in [3.8, 4) is 0 Å². The molecule has 0 amide bonds. The highest BCUT2D eigenvalue weighted by atomic mass is 16.5. The average molecular weight is 187 g/mol. The fraction of sp³-hybridized carbons (Fsp3) is 0.400. The van der Waals surface area contributed by atoms with Crippen molar-refractivity contribution in [2.45, 2.75) is 0 Å². The van der Waals surface area contributed by atoms with Crippen molar-refractivity contribution in [2.75, 3.05) is 24.2 Å². The highest BCUT2D eigenvalue weighted by Crippen LogP contribution is 2.03. The molecular formula is C5H9N5O3. The number of aromatic nitrogens is 3. The number of nitrogens with one attached hydrogen (secondary N) is 1. The van der Waals surface area contributed by atoms with Crippen LogP contribution in [0.2, 0.25) is 0 Å². The van der Waals surface area contributed by atoms with Crippen LogP contribution in [0.5, 0.6) is 0 Å². The molecule has 13 heavy (non-hydrogen) atoms. The summed E-state index contributed by atoms with van der Waals surface area (Å²) in [5.74, 6) is -0.296. The molecule has 1 aromatic heterocycles. The van der Waals surface area contributed by atoms with Gasteiger partial charge in [0.1, 0.15) is 0 Å². The largest absolute Gasteiger partial charge is 0.351 e. The summed E-state index contributed by atoms with van der Waals surface area (Å²) in [4.78, 5) is 19.9. The van der Waals surface area contributed by atoms with Gasteiger partial charge in [-0.1, -0.05) is 0 Å². The van der Waals surface area contributed by atoms with E-state index < -0.39 is 5.69 Å². The summed E-state index contributed by atoms with van der Waals surface area (Å²) in [6, 6.07) is 0. The Morgan fingerprint density at radius 2 is 1.85 bits per heavy atom. The van der Waals surface area contributed by atoms with Crippen LogP contribution in [0, 0.1) is 0 Å². The molecule has 0 spiro atoms. The molecule has 1 aromatic rings. The van der Waals surface area contributed by atoms with Gasteiger partial charge in [0, 0.05) is 14.1 Å². The molecular weight excluding hydrogens is 178 g/mol. The fourth-order valence-electron chi connectivity index (χ4n) is 0.660. The first-order valence-electron chi connectivity index (χ1n) is 3.34. The van der Waals surface area contributed by atoms with Gasteiger partial charge in [0.05, 0.1) is 0 Å². The SMILES string of the molecule is CN(O)c1nc(N(C)O)[nH]c(=O)n1. The third-order valence-corrected chi connectivity index (χ3v) is 1.22. The van der Waals surface area contributed by atoms with Gasteiger partial charge in [0.2, 0.25) is 5.95 Å². The number of rotatable bonds is 2. The van der Waals surface area contributed by atoms with E-state index in [4.69, 9.17) is 10.4 Å². The molecule has 0 unspecified atom stereocenters. The van der Waals surface area contributed by atoms with Gasteiger partial charge in [-0.05, 0) is 0 Å². The second-order valence-corrected chi connectivity index (χ2v) is 2.32. The minimum Gasteiger partial charge on any atom is -0.286 e. The number of anilines is 2. The Bertz CT molecular complexity index is 317. The molecule has 72 valence electrons. The molecule has 0 fully saturated rings. The average Bonchev–Trinajstić information content (AvgIpc) is 2.03. The van der Waals surface area contributed by atoms with Gasteiger partial charge >= 0.3 is 5.69 Å². The van der Waals surface area contributed by atoms with Crippen molar-refractivity contribution in [3.63, 3.8) is 0 Å². The predicted octanol–water partition coefficient (Wildman–Crippen LogP) is -1.18. The van der Waals surface area contributed by atoms with Gasteiger partial charge in [-0.3, -0.25) is 15.4 Å². The highest BCUT2D eigenvalue weighted by molar-refractivity contribution is 5.31. The van der Waals surface area contributed by atoms with Crippen molar-refractivity contribution in [2.24, 2.45) is 0 Å². The molecule has 8 nitrogen and oxygen atoms in total. The summed E-state index contributed by atoms with van der Waals surface area (Å²) < 4.78 is 0. The second kappa shape index (κ2) is 3.37. The molecule has 1 heterocycles. The highest BCUT2D eigenvalue weighted by Gasteiger charge is 2.07. The zero-order chi connectivity index (χ0) is 10.0. The maximum atomic E-state index is 10.8. The van der Waals surface area contributed by atoms with Crippen LogP contribution in [0.25, 0.3) is 0 Å². The summed E-state index contributed by atoms with van der Waals surface area (Å²) >= 11 is 0. The van der Waals surface area contributed by atoms with E-state index in [0.717, 1.165) is 0 Å². The molecule has 0 aliphatic heterocycles. The summed E-state index contributed by atoms with van der Waals surface area (Å²) in [5.41, 5.74) is -0.707. The van der Waals surface area contributed by atoms with Crippen LogP contribution in [0.15, 0.2) is 4.79 Å². The van der Waals surface area contributed by atoms with Gasteiger partial charge in [-0.2, -0.15) is 9.97 Å².